The van der Waals surface area contributed by atoms with Crippen molar-refractivity contribution in [1.82, 2.24) is 10.3 Å². The summed E-state index contributed by atoms with van der Waals surface area (Å²) in [4.78, 5) is 17.8. The van der Waals surface area contributed by atoms with Crippen LogP contribution in [0, 0.1) is 20.8 Å². The summed E-state index contributed by atoms with van der Waals surface area (Å²) in [6.45, 7) is 7.98. The molecule has 1 atom stereocenters. The molecule has 0 saturated heterocycles. The second-order valence-electron chi connectivity index (χ2n) is 6.48. The zero-order valence-electron chi connectivity index (χ0n) is 15.5. The fraction of sp³-hybridized carbons (Fsp3) is 0.238. The van der Waals surface area contributed by atoms with Crippen molar-refractivity contribution in [2.24, 2.45) is 0 Å². The molecule has 3 aromatic rings. The highest BCUT2D eigenvalue weighted by molar-refractivity contribution is 7.17. The highest BCUT2D eigenvalue weighted by atomic mass is 32.1. The zero-order chi connectivity index (χ0) is 18.7. The molecule has 134 valence electrons. The normalized spacial score (nSPS) is 11.8. The van der Waals surface area contributed by atoms with Crippen LogP contribution in [0.1, 0.15) is 45.0 Å². The van der Waals surface area contributed by atoms with Gasteiger partial charge in [-0.15, -0.1) is 0 Å². The molecular weight excluding hydrogens is 342 g/mol. The standard InChI is InChI=1S/C21H23N3OS/c1-13-10-11-18(14(2)12-13)24-21-23-16(4)19(26-21)20(25)22-15(3)17-8-6-5-7-9-17/h5-12,15H,1-4H3,(H,22,25)(H,23,24)/t15-/m0/s1. The molecule has 1 heterocycles. The number of hydrogen-bond donors (Lipinski definition) is 2. The van der Waals surface area contributed by atoms with Crippen LogP contribution in [0.25, 0.3) is 0 Å². The monoisotopic (exact) mass is 365 g/mol. The Morgan fingerprint density at radius 2 is 1.81 bits per heavy atom. The molecule has 2 aromatic carbocycles. The Morgan fingerprint density at radius 3 is 2.50 bits per heavy atom. The van der Waals surface area contributed by atoms with E-state index in [4.69, 9.17) is 0 Å². The number of nitrogens with one attached hydrogen (secondary N) is 2. The second kappa shape index (κ2) is 7.70. The largest absolute Gasteiger partial charge is 0.345 e. The fourth-order valence-electron chi connectivity index (χ4n) is 2.82. The SMILES string of the molecule is Cc1ccc(Nc2nc(C)c(C(=O)N[C@@H](C)c3ccccc3)s2)c(C)c1. The van der Waals surface area contributed by atoms with Gasteiger partial charge in [0.25, 0.3) is 5.91 Å². The first-order valence-electron chi connectivity index (χ1n) is 8.61. The number of nitrogens with zero attached hydrogens (tertiary/aromatic N) is 1. The maximum absolute atomic E-state index is 12.7. The summed E-state index contributed by atoms with van der Waals surface area (Å²) in [5, 5.41) is 7.11. The van der Waals surface area contributed by atoms with Crippen LogP contribution in [0.4, 0.5) is 10.8 Å². The van der Waals surface area contributed by atoms with Crippen molar-refractivity contribution >= 4 is 28.1 Å². The Balaban J connectivity index is 1.74. The highest BCUT2D eigenvalue weighted by Gasteiger charge is 2.18. The second-order valence-corrected chi connectivity index (χ2v) is 7.48. The number of aromatic nitrogens is 1. The number of benzene rings is 2. The van der Waals surface area contributed by atoms with Crippen molar-refractivity contribution in [2.75, 3.05) is 5.32 Å². The number of carbonyl (C=O) groups is 1. The molecular formula is C21H23N3OS. The van der Waals surface area contributed by atoms with Crippen molar-refractivity contribution in [3.05, 3.63) is 75.8 Å². The first-order chi connectivity index (χ1) is 12.4. The number of rotatable bonds is 5. The van der Waals surface area contributed by atoms with Crippen LogP contribution >= 0.6 is 11.3 Å². The van der Waals surface area contributed by atoms with E-state index in [0.717, 1.165) is 27.6 Å². The summed E-state index contributed by atoms with van der Waals surface area (Å²) in [6.07, 6.45) is 0. The number of aryl methyl sites for hydroxylation is 3. The smallest absolute Gasteiger partial charge is 0.263 e. The van der Waals surface area contributed by atoms with E-state index in [9.17, 15) is 4.79 Å². The third-order valence-corrected chi connectivity index (χ3v) is 5.35. The van der Waals surface area contributed by atoms with Crippen LogP contribution < -0.4 is 10.6 Å². The molecule has 0 saturated carbocycles. The molecule has 0 spiro atoms. The molecule has 5 heteroatoms. The summed E-state index contributed by atoms with van der Waals surface area (Å²) in [7, 11) is 0. The molecule has 3 rings (SSSR count). The Morgan fingerprint density at radius 1 is 1.08 bits per heavy atom. The number of carbonyl (C=O) groups excluding carboxylic acids is 1. The number of amides is 1. The lowest BCUT2D eigenvalue weighted by Crippen LogP contribution is -2.26. The van der Waals surface area contributed by atoms with E-state index in [1.807, 2.05) is 50.2 Å². The molecule has 0 bridgehead atoms. The van der Waals surface area contributed by atoms with E-state index in [1.165, 1.54) is 16.9 Å². The molecule has 0 radical (unpaired) electrons. The topological polar surface area (TPSA) is 54.0 Å². The first-order valence-corrected chi connectivity index (χ1v) is 9.43. The lowest BCUT2D eigenvalue weighted by Gasteiger charge is -2.13. The van der Waals surface area contributed by atoms with Crippen LogP contribution in [-0.2, 0) is 0 Å². The van der Waals surface area contributed by atoms with Gasteiger partial charge in [-0.2, -0.15) is 0 Å². The Labute approximate surface area is 158 Å². The van der Waals surface area contributed by atoms with E-state index < -0.39 is 0 Å². The molecule has 0 unspecified atom stereocenters. The quantitative estimate of drug-likeness (QED) is 0.645. The lowest BCUT2D eigenvalue weighted by molar-refractivity contribution is 0.0943. The van der Waals surface area contributed by atoms with Gasteiger partial charge in [0.2, 0.25) is 0 Å². The number of thiazole rings is 1. The molecule has 26 heavy (non-hydrogen) atoms. The predicted molar refractivity (Wildman–Crippen MR) is 108 cm³/mol. The van der Waals surface area contributed by atoms with Crippen molar-refractivity contribution in [1.29, 1.82) is 0 Å². The van der Waals surface area contributed by atoms with Crippen LogP contribution in [0.2, 0.25) is 0 Å². The summed E-state index contributed by atoms with van der Waals surface area (Å²) in [6, 6.07) is 16.1. The van der Waals surface area contributed by atoms with Gasteiger partial charge in [0, 0.05) is 5.69 Å². The van der Waals surface area contributed by atoms with E-state index in [-0.39, 0.29) is 11.9 Å². The van der Waals surface area contributed by atoms with Gasteiger partial charge in [0.15, 0.2) is 5.13 Å². The zero-order valence-corrected chi connectivity index (χ0v) is 16.3. The summed E-state index contributed by atoms with van der Waals surface area (Å²) in [5.41, 5.74) is 5.20. The maximum atomic E-state index is 12.7. The lowest BCUT2D eigenvalue weighted by atomic mass is 10.1. The van der Waals surface area contributed by atoms with E-state index >= 15 is 0 Å². The Bertz CT molecular complexity index is 918. The van der Waals surface area contributed by atoms with E-state index in [0.29, 0.717) is 4.88 Å². The van der Waals surface area contributed by atoms with Crippen LogP contribution in [-0.4, -0.2) is 10.9 Å². The van der Waals surface area contributed by atoms with Crippen molar-refractivity contribution in [2.45, 2.75) is 33.7 Å². The van der Waals surface area contributed by atoms with Gasteiger partial charge in [-0.3, -0.25) is 4.79 Å². The third-order valence-electron chi connectivity index (χ3n) is 4.27. The summed E-state index contributed by atoms with van der Waals surface area (Å²) in [5.74, 6) is -0.0926. The minimum Gasteiger partial charge on any atom is -0.345 e. The molecule has 0 aliphatic heterocycles. The molecule has 2 N–H and O–H groups in total. The average molecular weight is 366 g/mol. The number of anilines is 2. The minimum absolute atomic E-state index is 0.0547. The van der Waals surface area contributed by atoms with Crippen molar-refractivity contribution < 1.29 is 4.79 Å². The van der Waals surface area contributed by atoms with Crippen LogP contribution in [0.3, 0.4) is 0 Å². The fourth-order valence-corrected chi connectivity index (χ4v) is 3.70. The summed E-state index contributed by atoms with van der Waals surface area (Å²) < 4.78 is 0. The van der Waals surface area contributed by atoms with Crippen LogP contribution in [0.5, 0.6) is 0 Å². The first kappa shape index (κ1) is 18.1. The molecule has 1 amide bonds. The predicted octanol–water partition coefficient (Wildman–Crippen LogP) is 5.30. The van der Waals surface area contributed by atoms with E-state index in [2.05, 4.69) is 41.6 Å². The van der Waals surface area contributed by atoms with Gasteiger partial charge >= 0.3 is 0 Å². The average Bonchev–Trinajstić information content (AvgIpc) is 2.98. The molecule has 4 nitrogen and oxygen atoms in total. The molecule has 0 fully saturated rings. The van der Waals surface area contributed by atoms with Crippen molar-refractivity contribution in [3.63, 3.8) is 0 Å². The molecule has 0 aliphatic carbocycles. The Kier molecular flexibility index (Phi) is 5.38. The third kappa shape index (κ3) is 4.11. The van der Waals surface area contributed by atoms with E-state index in [1.54, 1.807) is 0 Å². The molecule has 1 aromatic heterocycles. The van der Waals surface area contributed by atoms with Crippen LogP contribution in [0.15, 0.2) is 48.5 Å². The summed E-state index contributed by atoms with van der Waals surface area (Å²) >= 11 is 1.38. The molecule has 0 aliphatic rings. The van der Waals surface area contributed by atoms with Gasteiger partial charge in [0.05, 0.1) is 11.7 Å². The van der Waals surface area contributed by atoms with Gasteiger partial charge < -0.3 is 10.6 Å². The van der Waals surface area contributed by atoms with Gasteiger partial charge in [-0.05, 0) is 44.9 Å². The highest BCUT2D eigenvalue weighted by Crippen LogP contribution is 2.28. The number of hydrogen-bond acceptors (Lipinski definition) is 4. The maximum Gasteiger partial charge on any atom is 0.263 e. The van der Waals surface area contributed by atoms with Crippen molar-refractivity contribution in [3.8, 4) is 0 Å². The van der Waals surface area contributed by atoms with Gasteiger partial charge in [0.1, 0.15) is 4.88 Å². The Hall–Kier alpha value is -2.66. The van der Waals surface area contributed by atoms with Gasteiger partial charge in [-0.25, -0.2) is 4.98 Å². The van der Waals surface area contributed by atoms with Gasteiger partial charge in [-0.1, -0.05) is 59.4 Å². The minimum atomic E-state index is -0.0926.